The second-order valence-electron chi connectivity index (χ2n) is 5.50. The molecule has 110 valence electrons. The molecule has 1 aromatic heterocycles. The van der Waals surface area contributed by atoms with E-state index in [9.17, 15) is 0 Å². The van der Waals surface area contributed by atoms with Crippen molar-refractivity contribution in [2.45, 2.75) is 82.9 Å². The third kappa shape index (κ3) is 9.51. The third-order valence-electron chi connectivity index (χ3n) is 3.62. The minimum absolute atomic E-state index is 0.336. The number of hydrogen-bond donors (Lipinski definition) is 0. The third-order valence-corrected chi connectivity index (χ3v) is 4.89. The Morgan fingerprint density at radius 3 is 2.21 bits per heavy atom. The smallest absolute Gasteiger partial charge is 0.0384 e. The van der Waals surface area contributed by atoms with E-state index in [-0.39, 0.29) is 0 Å². The molecule has 0 spiro atoms. The predicted octanol–water partition coefficient (Wildman–Crippen LogP) is 6.82. The Morgan fingerprint density at radius 2 is 1.63 bits per heavy atom. The fourth-order valence-electron chi connectivity index (χ4n) is 2.43. The van der Waals surface area contributed by atoms with Gasteiger partial charge in [0.25, 0.3) is 0 Å². The van der Waals surface area contributed by atoms with Crippen LogP contribution in [0, 0.1) is 0 Å². The van der Waals surface area contributed by atoms with E-state index in [1.165, 1.54) is 69.1 Å². The summed E-state index contributed by atoms with van der Waals surface area (Å²) in [6, 6.07) is 4.30. The van der Waals surface area contributed by atoms with Crippen molar-refractivity contribution in [1.82, 2.24) is 0 Å². The molecule has 0 aliphatic heterocycles. The van der Waals surface area contributed by atoms with Gasteiger partial charge < -0.3 is 0 Å². The Bertz CT molecular complexity index is 281. The van der Waals surface area contributed by atoms with Crippen LogP contribution in [0.15, 0.2) is 17.5 Å². The first-order valence-corrected chi connectivity index (χ1v) is 9.31. The molecule has 0 aliphatic rings. The van der Waals surface area contributed by atoms with E-state index in [0.29, 0.717) is 5.38 Å². The maximum absolute atomic E-state index is 6.38. The largest absolute Gasteiger partial charge is 0.149 e. The second kappa shape index (κ2) is 11.8. The molecule has 0 fully saturated rings. The van der Waals surface area contributed by atoms with Crippen LogP contribution in [0.1, 0.15) is 76.0 Å². The van der Waals surface area contributed by atoms with Gasteiger partial charge in [-0.15, -0.1) is 22.9 Å². The highest BCUT2D eigenvalue weighted by atomic mass is 35.5. The fraction of sp³-hybridized carbons (Fsp3) is 0.765. The summed E-state index contributed by atoms with van der Waals surface area (Å²) in [6.45, 7) is 2.28. The molecule has 0 saturated heterocycles. The maximum Gasteiger partial charge on any atom is 0.0384 e. The molecule has 1 atom stereocenters. The Hall–Kier alpha value is -0.0100. The van der Waals surface area contributed by atoms with E-state index >= 15 is 0 Å². The predicted molar refractivity (Wildman–Crippen MR) is 89.5 cm³/mol. The van der Waals surface area contributed by atoms with Gasteiger partial charge in [0.1, 0.15) is 0 Å². The second-order valence-corrected chi connectivity index (χ2v) is 7.15. The molecular formula is C17H29ClS. The van der Waals surface area contributed by atoms with Crippen molar-refractivity contribution >= 4 is 22.9 Å². The Morgan fingerprint density at radius 1 is 1.00 bits per heavy atom. The van der Waals surface area contributed by atoms with Crippen molar-refractivity contribution in [2.75, 3.05) is 0 Å². The SMILES string of the molecule is CCCCCCCCCCCC(Cl)Cc1cccs1. The van der Waals surface area contributed by atoms with Crippen molar-refractivity contribution in [3.63, 3.8) is 0 Å². The van der Waals surface area contributed by atoms with E-state index in [4.69, 9.17) is 11.6 Å². The lowest BCUT2D eigenvalue weighted by atomic mass is 10.0. The van der Waals surface area contributed by atoms with Crippen molar-refractivity contribution in [3.8, 4) is 0 Å². The van der Waals surface area contributed by atoms with Crippen molar-refractivity contribution in [3.05, 3.63) is 22.4 Å². The first kappa shape index (κ1) is 17.0. The van der Waals surface area contributed by atoms with E-state index in [1.807, 2.05) is 11.3 Å². The van der Waals surface area contributed by atoms with Gasteiger partial charge in [-0.1, -0.05) is 70.8 Å². The summed E-state index contributed by atoms with van der Waals surface area (Å²) < 4.78 is 0. The van der Waals surface area contributed by atoms with Gasteiger partial charge in [-0.05, 0) is 24.3 Å². The van der Waals surface area contributed by atoms with Gasteiger partial charge in [0, 0.05) is 10.3 Å². The van der Waals surface area contributed by atoms with Crippen LogP contribution in [0.4, 0.5) is 0 Å². The van der Waals surface area contributed by atoms with Gasteiger partial charge in [0.15, 0.2) is 0 Å². The van der Waals surface area contributed by atoms with E-state index in [1.54, 1.807) is 0 Å². The molecule has 0 radical (unpaired) electrons. The quantitative estimate of drug-likeness (QED) is 0.293. The van der Waals surface area contributed by atoms with Crippen molar-refractivity contribution in [2.24, 2.45) is 0 Å². The lowest BCUT2D eigenvalue weighted by molar-refractivity contribution is 0.551. The maximum atomic E-state index is 6.38. The van der Waals surface area contributed by atoms with Crippen LogP contribution in [0.5, 0.6) is 0 Å². The summed E-state index contributed by atoms with van der Waals surface area (Å²) in [6.07, 6.45) is 14.8. The number of unbranched alkanes of at least 4 members (excludes halogenated alkanes) is 8. The molecule has 1 aromatic rings. The normalized spacial score (nSPS) is 12.7. The standard InChI is InChI=1S/C17H29ClS/c1-2-3-4-5-6-7-8-9-10-12-16(18)15-17-13-11-14-19-17/h11,13-14,16H,2-10,12,15H2,1H3. The fourth-order valence-corrected chi connectivity index (χ4v) is 3.62. The molecular weight excluding hydrogens is 272 g/mol. The topological polar surface area (TPSA) is 0 Å². The Labute approximate surface area is 128 Å². The minimum atomic E-state index is 0.336. The van der Waals surface area contributed by atoms with E-state index in [0.717, 1.165) is 6.42 Å². The Balaban J connectivity index is 1.85. The van der Waals surface area contributed by atoms with Gasteiger partial charge in [-0.25, -0.2) is 0 Å². The average molecular weight is 301 g/mol. The molecule has 0 aliphatic carbocycles. The average Bonchev–Trinajstić information content (AvgIpc) is 2.89. The molecule has 0 amide bonds. The summed E-state index contributed by atoms with van der Waals surface area (Å²) in [5.74, 6) is 0. The molecule has 1 rings (SSSR count). The van der Waals surface area contributed by atoms with Gasteiger partial charge in [-0.3, -0.25) is 0 Å². The molecule has 19 heavy (non-hydrogen) atoms. The van der Waals surface area contributed by atoms with Gasteiger partial charge in [0.05, 0.1) is 0 Å². The molecule has 0 aromatic carbocycles. The molecule has 0 saturated carbocycles. The van der Waals surface area contributed by atoms with Crippen LogP contribution in [0.25, 0.3) is 0 Å². The molecule has 0 N–H and O–H groups in total. The monoisotopic (exact) mass is 300 g/mol. The first-order chi connectivity index (χ1) is 9.33. The molecule has 0 nitrogen and oxygen atoms in total. The highest BCUT2D eigenvalue weighted by Crippen LogP contribution is 2.19. The molecule has 1 unspecified atom stereocenters. The van der Waals surface area contributed by atoms with Crippen LogP contribution in [0.3, 0.4) is 0 Å². The summed E-state index contributed by atoms with van der Waals surface area (Å²) >= 11 is 8.20. The van der Waals surface area contributed by atoms with Gasteiger partial charge >= 0.3 is 0 Å². The molecule has 0 bridgehead atoms. The number of thiophene rings is 1. The van der Waals surface area contributed by atoms with Crippen molar-refractivity contribution < 1.29 is 0 Å². The highest BCUT2D eigenvalue weighted by molar-refractivity contribution is 7.09. The van der Waals surface area contributed by atoms with Crippen LogP contribution >= 0.6 is 22.9 Å². The van der Waals surface area contributed by atoms with E-state index < -0.39 is 0 Å². The molecule has 1 heterocycles. The lowest BCUT2D eigenvalue weighted by Crippen LogP contribution is -2.01. The first-order valence-electron chi connectivity index (χ1n) is 7.99. The summed E-state index contributed by atoms with van der Waals surface area (Å²) in [7, 11) is 0. The van der Waals surface area contributed by atoms with Crippen LogP contribution in [-0.4, -0.2) is 5.38 Å². The van der Waals surface area contributed by atoms with E-state index in [2.05, 4.69) is 24.4 Å². The minimum Gasteiger partial charge on any atom is -0.149 e. The summed E-state index contributed by atoms with van der Waals surface area (Å²) in [5, 5.41) is 2.47. The van der Waals surface area contributed by atoms with Gasteiger partial charge in [0.2, 0.25) is 0 Å². The zero-order valence-electron chi connectivity index (χ0n) is 12.4. The van der Waals surface area contributed by atoms with Crippen molar-refractivity contribution in [1.29, 1.82) is 0 Å². The van der Waals surface area contributed by atoms with Crippen LogP contribution in [-0.2, 0) is 6.42 Å². The summed E-state index contributed by atoms with van der Waals surface area (Å²) in [4.78, 5) is 1.43. The molecule has 2 heteroatoms. The zero-order chi connectivity index (χ0) is 13.8. The van der Waals surface area contributed by atoms with Crippen LogP contribution < -0.4 is 0 Å². The lowest BCUT2D eigenvalue weighted by Gasteiger charge is -2.07. The number of rotatable bonds is 12. The Kier molecular flexibility index (Phi) is 10.6. The zero-order valence-corrected chi connectivity index (χ0v) is 13.9. The summed E-state index contributed by atoms with van der Waals surface area (Å²) in [5.41, 5.74) is 0. The van der Waals surface area contributed by atoms with Crippen LogP contribution in [0.2, 0.25) is 0 Å². The highest BCUT2D eigenvalue weighted by Gasteiger charge is 2.06. The number of halogens is 1. The number of hydrogen-bond acceptors (Lipinski definition) is 1. The number of alkyl halides is 1. The van der Waals surface area contributed by atoms with Gasteiger partial charge in [-0.2, -0.15) is 0 Å².